The highest BCUT2D eigenvalue weighted by atomic mass is 16.4. The normalized spacial score (nSPS) is 23.4. The van der Waals surface area contributed by atoms with Crippen molar-refractivity contribution < 1.29 is 14.7 Å². The summed E-state index contributed by atoms with van der Waals surface area (Å²) in [4.78, 5) is 21.9. The van der Waals surface area contributed by atoms with E-state index in [1.165, 1.54) is 12.8 Å². The third-order valence-corrected chi connectivity index (χ3v) is 4.02. The van der Waals surface area contributed by atoms with E-state index in [1.54, 1.807) is 0 Å². The van der Waals surface area contributed by atoms with E-state index in [4.69, 9.17) is 5.11 Å². The predicted octanol–water partition coefficient (Wildman–Crippen LogP) is 1.94. The molecule has 1 amide bonds. The van der Waals surface area contributed by atoms with Gasteiger partial charge in [0, 0.05) is 18.9 Å². The molecular formula is C13H21NO3. The average molecular weight is 239 g/mol. The SMILES string of the molecule is O=C(O)CCCCCCNC(=O)C1CC12CC2. The van der Waals surface area contributed by atoms with E-state index in [9.17, 15) is 9.59 Å². The van der Waals surface area contributed by atoms with Crippen molar-refractivity contribution in [1.29, 1.82) is 0 Å². The molecule has 0 aromatic heterocycles. The monoisotopic (exact) mass is 239 g/mol. The molecule has 2 aliphatic rings. The third-order valence-electron chi connectivity index (χ3n) is 4.02. The highest BCUT2D eigenvalue weighted by molar-refractivity contribution is 5.83. The molecule has 0 radical (unpaired) electrons. The van der Waals surface area contributed by atoms with Crippen molar-refractivity contribution >= 4 is 11.9 Å². The lowest BCUT2D eigenvalue weighted by Gasteiger charge is -2.04. The van der Waals surface area contributed by atoms with Crippen LogP contribution in [0.4, 0.5) is 0 Å². The van der Waals surface area contributed by atoms with Gasteiger partial charge in [-0.1, -0.05) is 12.8 Å². The maximum absolute atomic E-state index is 11.7. The predicted molar refractivity (Wildman–Crippen MR) is 63.5 cm³/mol. The van der Waals surface area contributed by atoms with E-state index in [-0.39, 0.29) is 12.3 Å². The number of nitrogens with one attached hydrogen (secondary N) is 1. The molecule has 1 unspecified atom stereocenters. The Morgan fingerprint density at radius 3 is 2.47 bits per heavy atom. The highest BCUT2D eigenvalue weighted by Crippen LogP contribution is 2.70. The maximum Gasteiger partial charge on any atom is 0.303 e. The van der Waals surface area contributed by atoms with Gasteiger partial charge in [0.25, 0.3) is 0 Å². The van der Waals surface area contributed by atoms with E-state index in [0.717, 1.165) is 38.6 Å². The molecule has 0 aromatic carbocycles. The Hall–Kier alpha value is -1.06. The zero-order valence-electron chi connectivity index (χ0n) is 10.2. The molecule has 2 fully saturated rings. The average Bonchev–Trinajstić information content (AvgIpc) is 3.18. The largest absolute Gasteiger partial charge is 0.481 e. The van der Waals surface area contributed by atoms with Gasteiger partial charge in [0.1, 0.15) is 0 Å². The Morgan fingerprint density at radius 2 is 1.88 bits per heavy atom. The maximum atomic E-state index is 11.7. The molecule has 0 aliphatic heterocycles. The molecule has 2 aliphatic carbocycles. The molecule has 2 rings (SSSR count). The fourth-order valence-electron chi connectivity index (χ4n) is 2.52. The van der Waals surface area contributed by atoms with Gasteiger partial charge in [0.05, 0.1) is 0 Å². The molecule has 1 atom stereocenters. The second kappa shape index (κ2) is 5.07. The first-order chi connectivity index (χ1) is 8.14. The van der Waals surface area contributed by atoms with E-state index >= 15 is 0 Å². The van der Waals surface area contributed by atoms with Crippen LogP contribution < -0.4 is 5.32 Å². The second-order valence-electron chi connectivity index (χ2n) is 5.47. The highest BCUT2D eigenvalue weighted by Gasteiger charge is 2.65. The first-order valence-corrected chi connectivity index (χ1v) is 6.64. The fourth-order valence-corrected chi connectivity index (χ4v) is 2.52. The molecule has 4 nitrogen and oxygen atoms in total. The molecule has 2 saturated carbocycles. The standard InChI is InChI=1S/C13H21NO3/c15-11(16)5-3-1-2-4-8-14-12(17)10-9-13(10)6-7-13/h10H,1-9H2,(H,14,17)(H,15,16). The van der Waals surface area contributed by atoms with Gasteiger partial charge >= 0.3 is 5.97 Å². The van der Waals surface area contributed by atoms with Gasteiger partial charge in [-0.25, -0.2) is 0 Å². The van der Waals surface area contributed by atoms with Crippen molar-refractivity contribution in [3.8, 4) is 0 Å². The minimum absolute atomic E-state index is 0.244. The van der Waals surface area contributed by atoms with Crippen molar-refractivity contribution in [3.63, 3.8) is 0 Å². The third kappa shape index (κ3) is 3.45. The Kier molecular flexibility index (Phi) is 3.69. The van der Waals surface area contributed by atoms with Crippen molar-refractivity contribution in [1.82, 2.24) is 5.32 Å². The van der Waals surface area contributed by atoms with Gasteiger partial charge in [-0.3, -0.25) is 9.59 Å². The van der Waals surface area contributed by atoms with Crippen LogP contribution in [0.3, 0.4) is 0 Å². The summed E-state index contributed by atoms with van der Waals surface area (Å²) in [6.45, 7) is 0.748. The number of hydrogen-bond acceptors (Lipinski definition) is 2. The number of aliphatic carboxylic acids is 1. The molecule has 0 heterocycles. The number of rotatable bonds is 8. The minimum Gasteiger partial charge on any atom is -0.481 e. The lowest BCUT2D eigenvalue weighted by molar-refractivity contribution is -0.137. The lowest BCUT2D eigenvalue weighted by atomic mass is 10.1. The zero-order chi connectivity index (χ0) is 12.3. The van der Waals surface area contributed by atoms with Crippen LogP contribution in [0.15, 0.2) is 0 Å². The van der Waals surface area contributed by atoms with Crippen molar-refractivity contribution in [3.05, 3.63) is 0 Å². The van der Waals surface area contributed by atoms with Crippen molar-refractivity contribution in [2.45, 2.75) is 51.4 Å². The Morgan fingerprint density at radius 1 is 1.18 bits per heavy atom. The summed E-state index contributed by atoms with van der Waals surface area (Å²) in [5.41, 5.74) is 0.450. The number of carboxylic acids is 1. The molecule has 96 valence electrons. The van der Waals surface area contributed by atoms with Crippen LogP contribution in [-0.4, -0.2) is 23.5 Å². The van der Waals surface area contributed by atoms with Crippen LogP contribution in [0, 0.1) is 11.3 Å². The topological polar surface area (TPSA) is 66.4 Å². The van der Waals surface area contributed by atoms with E-state index < -0.39 is 5.97 Å². The van der Waals surface area contributed by atoms with Crippen LogP contribution in [0.5, 0.6) is 0 Å². The van der Waals surface area contributed by atoms with Crippen LogP contribution >= 0.6 is 0 Å². The first kappa shape index (κ1) is 12.4. The summed E-state index contributed by atoms with van der Waals surface area (Å²) < 4.78 is 0. The molecule has 2 N–H and O–H groups in total. The Labute approximate surface area is 102 Å². The van der Waals surface area contributed by atoms with Crippen LogP contribution in [0.2, 0.25) is 0 Å². The minimum atomic E-state index is -0.721. The molecule has 17 heavy (non-hydrogen) atoms. The summed E-state index contributed by atoms with van der Waals surface area (Å²) in [5.74, 6) is -0.163. The quantitative estimate of drug-likeness (QED) is 0.636. The zero-order valence-corrected chi connectivity index (χ0v) is 10.2. The van der Waals surface area contributed by atoms with E-state index in [2.05, 4.69) is 5.32 Å². The Balaban J connectivity index is 1.41. The van der Waals surface area contributed by atoms with Crippen molar-refractivity contribution in [2.24, 2.45) is 11.3 Å². The van der Waals surface area contributed by atoms with Gasteiger partial charge in [-0.15, -0.1) is 0 Å². The van der Waals surface area contributed by atoms with Crippen LogP contribution in [0.25, 0.3) is 0 Å². The first-order valence-electron chi connectivity index (χ1n) is 6.64. The van der Waals surface area contributed by atoms with Gasteiger partial charge in [0.15, 0.2) is 0 Å². The summed E-state index contributed by atoms with van der Waals surface area (Å²) in [6, 6.07) is 0. The summed E-state index contributed by atoms with van der Waals surface area (Å²) in [6.07, 6.45) is 7.52. The van der Waals surface area contributed by atoms with Crippen LogP contribution in [-0.2, 0) is 9.59 Å². The van der Waals surface area contributed by atoms with E-state index in [0.29, 0.717) is 11.3 Å². The van der Waals surface area contributed by atoms with Gasteiger partial charge < -0.3 is 10.4 Å². The molecule has 4 heteroatoms. The number of amides is 1. The number of carbonyl (C=O) groups is 2. The summed E-state index contributed by atoms with van der Waals surface area (Å²) in [7, 11) is 0. The molecule has 0 bridgehead atoms. The number of hydrogen-bond donors (Lipinski definition) is 2. The lowest BCUT2D eigenvalue weighted by Crippen LogP contribution is -2.26. The smallest absolute Gasteiger partial charge is 0.303 e. The molecule has 1 spiro atoms. The summed E-state index contributed by atoms with van der Waals surface area (Å²) >= 11 is 0. The number of unbranched alkanes of at least 4 members (excludes halogenated alkanes) is 3. The summed E-state index contributed by atoms with van der Waals surface area (Å²) in [5, 5.41) is 11.4. The van der Waals surface area contributed by atoms with Gasteiger partial charge in [-0.2, -0.15) is 0 Å². The number of carboxylic acid groups (broad SMARTS) is 1. The second-order valence-corrected chi connectivity index (χ2v) is 5.47. The molecular weight excluding hydrogens is 218 g/mol. The van der Waals surface area contributed by atoms with Crippen molar-refractivity contribution in [2.75, 3.05) is 6.54 Å². The molecule has 0 aromatic rings. The van der Waals surface area contributed by atoms with Crippen LogP contribution in [0.1, 0.15) is 51.4 Å². The number of carbonyl (C=O) groups excluding carboxylic acids is 1. The van der Waals surface area contributed by atoms with E-state index in [1.807, 2.05) is 0 Å². The Bertz CT molecular complexity index is 310. The fraction of sp³-hybridized carbons (Fsp3) is 0.846. The van der Waals surface area contributed by atoms with Gasteiger partial charge in [-0.05, 0) is 37.5 Å². The molecule has 0 saturated heterocycles. The van der Waals surface area contributed by atoms with Gasteiger partial charge in [0.2, 0.25) is 5.91 Å².